The largest absolute Gasteiger partial charge is 0.345 e. The predicted octanol–water partition coefficient (Wildman–Crippen LogP) is 3.63. The molecule has 24 heavy (non-hydrogen) atoms. The van der Waals surface area contributed by atoms with Crippen LogP contribution in [0.1, 0.15) is 33.9 Å². The van der Waals surface area contributed by atoms with E-state index in [1.54, 1.807) is 24.3 Å². The molecule has 0 aliphatic rings. The maximum atomic E-state index is 12.5. The molecule has 1 atom stereocenters. The van der Waals surface area contributed by atoms with Gasteiger partial charge in [0.25, 0.3) is 5.91 Å². The highest BCUT2D eigenvalue weighted by Crippen LogP contribution is 2.20. The summed E-state index contributed by atoms with van der Waals surface area (Å²) in [5.41, 5.74) is 1.96. The van der Waals surface area contributed by atoms with Crippen molar-refractivity contribution in [2.24, 2.45) is 0 Å². The van der Waals surface area contributed by atoms with E-state index in [2.05, 4.69) is 16.3 Å². The SMILES string of the molecule is CN(C)CCC(NC(=O)c1cccc(C#N)c1)c1ccc(Cl)cc1. The van der Waals surface area contributed by atoms with Gasteiger partial charge < -0.3 is 10.2 Å². The molecule has 2 aromatic rings. The van der Waals surface area contributed by atoms with Crippen molar-refractivity contribution in [3.05, 3.63) is 70.2 Å². The van der Waals surface area contributed by atoms with Crippen molar-refractivity contribution < 1.29 is 4.79 Å². The van der Waals surface area contributed by atoms with Gasteiger partial charge in [0.1, 0.15) is 0 Å². The number of halogens is 1. The van der Waals surface area contributed by atoms with E-state index in [0.29, 0.717) is 16.1 Å². The number of nitrogens with zero attached hydrogens (tertiary/aromatic N) is 2. The Morgan fingerprint density at radius 3 is 2.58 bits per heavy atom. The van der Waals surface area contributed by atoms with Crippen LogP contribution >= 0.6 is 11.6 Å². The lowest BCUT2D eigenvalue weighted by Gasteiger charge is -2.21. The second kappa shape index (κ2) is 8.49. The molecule has 0 aromatic heterocycles. The minimum Gasteiger partial charge on any atom is -0.345 e. The number of hydrogen-bond donors (Lipinski definition) is 1. The summed E-state index contributed by atoms with van der Waals surface area (Å²) in [7, 11) is 3.99. The van der Waals surface area contributed by atoms with Crippen LogP contribution in [0.4, 0.5) is 0 Å². The van der Waals surface area contributed by atoms with Crippen LogP contribution < -0.4 is 5.32 Å². The second-order valence-corrected chi connectivity index (χ2v) is 6.30. The Morgan fingerprint density at radius 2 is 1.96 bits per heavy atom. The van der Waals surface area contributed by atoms with Gasteiger partial charge in [-0.05, 0) is 63.0 Å². The zero-order valence-electron chi connectivity index (χ0n) is 13.8. The quantitative estimate of drug-likeness (QED) is 0.872. The molecule has 0 aliphatic heterocycles. The number of amides is 1. The first kappa shape index (κ1) is 18.0. The third-order valence-electron chi connectivity index (χ3n) is 3.70. The van der Waals surface area contributed by atoms with E-state index in [-0.39, 0.29) is 11.9 Å². The minimum absolute atomic E-state index is 0.122. The smallest absolute Gasteiger partial charge is 0.251 e. The van der Waals surface area contributed by atoms with E-state index in [9.17, 15) is 4.79 Å². The van der Waals surface area contributed by atoms with Crippen LogP contribution in [0.3, 0.4) is 0 Å². The van der Waals surface area contributed by atoms with Gasteiger partial charge in [-0.1, -0.05) is 29.8 Å². The molecule has 0 spiro atoms. The van der Waals surface area contributed by atoms with Gasteiger partial charge in [-0.15, -0.1) is 0 Å². The number of carbonyl (C=O) groups is 1. The molecule has 1 amide bonds. The summed E-state index contributed by atoms with van der Waals surface area (Å²) in [5.74, 6) is -0.189. The first-order chi connectivity index (χ1) is 11.5. The number of nitriles is 1. The molecule has 2 aromatic carbocycles. The van der Waals surface area contributed by atoms with Crippen LogP contribution in [0.25, 0.3) is 0 Å². The van der Waals surface area contributed by atoms with E-state index in [1.165, 1.54) is 0 Å². The topological polar surface area (TPSA) is 56.1 Å². The van der Waals surface area contributed by atoms with E-state index in [4.69, 9.17) is 16.9 Å². The third-order valence-corrected chi connectivity index (χ3v) is 3.95. The van der Waals surface area contributed by atoms with E-state index >= 15 is 0 Å². The Kier molecular flexibility index (Phi) is 6.36. The molecule has 1 unspecified atom stereocenters. The van der Waals surface area contributed by atoms with Crippen molar-refractivity contribution in [1.82, 2.24) is 10.2 Å². The molecule has 0 saturated heterocycles. The Labute approximate surface area is 147 Å². The van der Waals surface area contributed by atoms with E-state index in [0.717, 1.165) is 18.5 Å². The highest BCUT2D eigenvalue weighted by molar-refractivity contribution is 6.30. The normalized spacial score (nSPS) is 11.8. The highest BCUT2D eigenvalue weighted by atomic mass is 35.5. The van der Waals surface area contributed by atoms with Gasteiger partial charge in [0.15, 0.2) is 0 Å². The summed E-state index contributed by atoms with van der Waals surface area (Å²) in [6.07, 6.45) is 0.776. The van der Waals surface area contributed by atoms with Gasteiger partial charge in [-0.3, -0.25) is 4.79 Å². The summed E-state index contributed by atoms with van der Waals surface area (Å²) in [6, 6.07) is 16.1. The Bertz CT molecular complexity index is 735. The fraction of sp³-hybridized carbons (Fsp3) is 0.263. The molecule has 124 valence electrons. The molecular weight excluding hydrogens is 322 g/mol. The fourth-order valence-electron chi connectivity index (χ4n) is 2.38. The lowest BCUT2D eigenvalue weighted by Crippen LogP contribution is -2.31. The maximum Gasteiger partial charge on any atom is 0.251 e. The Hall–Kier alpha value is -2.35. The average Bonchev–Trinajstić information content (AvgIpc) is 2.59. The first-order valence-corrected chi connectivity index (χ1v) is 8.08. The maximum absolute atomic E-state index is 12.5. The molecule has 0 radical (unpaired) electrons. The zero-order chi connectivity index (χ0) is 17.5. The van der Waals surface area contributed by atoms with Crippen molar-refractivity contribution in [3.8, 4) is 6.07 Å². The molecule has 0 fully saturated rings. The summed E-state index contributed by atoms with van der Waals surface area (Å²) < 4.78 is 0. The van der Waals surface area contributed by atoms with Gasteiger partial charge in [-0.25, -0.2) is 0 Å². The minimum atomic E-state index is -0.189. The monoisotopic (exact) mass is 341 g/mol. The predicted molar refractivity (Wildman–Crippen MR) is 96.0 cm³/mol. The van der Waals surface area contributed by atoms with Crippen LogP contribution in [0.2, 0.25) is 5.02 Å². The van der Waals surface area contributed by atoms with Crippen molar-refractivity contribution in [1.29, 1.82) is 5.26 Å². The number of carbonyl (C=O) groups excluding carboxylic acids is 1. The van der Waals surface area contributed by atoms with Crippen molar-refractivity contribution in [2.75, 3.05) is 20.6 Å². The molecule has 0 bridgehead atoms. The molecule has 0 saturated carbocycles. The van der Waals surface area contributed by atoms with E-state index < -0.39 is 0 Å². The standard InChI is InChI=1S/C19H20ClN3O/c1-23(2)11-10-18(15-6-8-17(20)9-7-15)22-19(24)16-5-3-4-14(12-16)13-21/h3-9,12,18H,10-11H2,1-2H3,(H,22,24). The summed E-state index contributed by atoms with van der Waals surface area (Å²) >= 11 is 5.95. The van der Waals surface area contributed by atoms with Gasteiger partial charge in [0.05, 0.1) is 17.7 Å². The van der Waals surface area contributed by atoms with Crippen LogP contribution in [-0.2, 0) is 0 Å². The van der Waals surface area contributed by atoms with Gasteiger partial charge >= 0.3 is 0 Å². The summed E-state index contributed by atoms with van der Waals surface area (Å²) in [6.45, 7) is 0.839. The van der Waals surface area contributed by atoms with Crippen molar-refractivity contribution >= 4 is 17.5 Å². The van der Waals surface area contributed by atoms with Gasteiger partial charge in [0, 0.05) is 10.6 Å². The van der Waals surface area contributed by atoms with Crippen LogP contribution in [0, 0.1) is 11.3 Å². The molecule has 4 nitrogen and oxygen atoms in total. The number of nitrogens with one attached hydrogen (secondary N) is 1. The molecule has 0 heterocycles. The average molecular weight is 342 g/mol. The molecule has 1 N–H and O–H groups in total. The van der Waals surface area contributed by atoms with Gasteiger partial charge in [-0.2, -0.15) is 5.26 Å². The van der Waals surface area contributed by atoms with Crippen LogP contribution in [0.5, 0.6) is 0 Å². The molecule has 2 rings (SSSR count). The molecular formula is C19H20ClN3O. The van der Waals surface area contributed by atoms with Crippen molar-refractivity contribution in [3.63, 3.8) is 0 Å². The number of rotatable bonds is 6. The number of benzene rings is 2. The third kappa shape index (κ3) is 5.09. The van der Waals surface area contributed by atoms with Crippen LogP contribution in [-0.4, -0.2) is 31.4 Å². The highest BCUT2D eigenvalue weighted by Gasteiger charge is 2.16. The van der Waals surface area contributed by atoms with E-state index in [1.807, 2.05) is 38.4 Å². The molecule has 0 aliphatic carbocycles. The lowest BCUT2D eigenvalue weighted by molar-refractivity contribution is 0.0932. The summed E-state index contributed by atoms with van der Waals surface area (Å²) in [4.78, 5) is 14.6. The zero-order valence-corrected chi connectivity index (χ0v) is 14.5. The number of hydrogen-bond acceptors (Lipinski definition) is 3. The molecule has 5 heteroatoms. The van der Waals surface area contributed by atoms with Crippen LogP contribution in [0.15, 0.2) is 48.5 Å². The van der Waals surface area contributed by atoms with Gasteiger partial charge in [0.2, 0.25) is 0 Å². The Balaban J connectivity index is 2.18. The summed E-state index contributed by atoms with van der Waals surface area (Å²) in [5, 5.41) is 12.7. The fourth-order valence-corrected chi connectivity index (χ4v) is 2.50. The Morgan fingerprint density at radius 1 is 1.25 bits per heavy atom. The first-order valence-electron chi connectivity index (χ1n) is 7.71. The van der Waals surface area contributed by atoms with Crippen molar-refractivity contribution in [2.45, 2.75) is 12.5 Å². The second-order valence-electron chi connectivity index (χ2n) is 5.86. The lowest BCUT2D eigenvalue weighted by atomic mass is 10.0.